The summed E-state index contributed by atoms with van der Waals surface area (Å²) in [5.41, 5.74) is 0. The third-order valence-corrected chi connectivity index (χ3v) is 3.74. The van der Waals surface area contributed by atoms with Gasteiger partial charge in [-0.1, -0.05) is 6.92 Å². The highest BCUT2D eigenvalue weighted by atomic mass is 16.3. The third-order valence-electron chi connectivity index (χ3n) is 3.74. The second-order valence-corrected chi connectivity index (χ2v) is 5.38. The summed E-state index contributed by atoms with van der Waals surface area (Å²) in [6.45, 7) is 2.98. The Balaban J connectivity index is 1.78. The van der Waals surface area contributed by atoms with Crippen molar-refractivity contribution in [3.05, 3.63) is 0 Å². The van der Waals surface area contributed by atoms with Crippen molar-refractivity contribution < 1.29 is 9.90 Å². The number of nitrogens with zero attached hydrogens (tertiary/aromatic N) is 1. The highest BCUT2D eigenvalue weighted by molar-refractivity contribution is 5.75. The molecular formula is C13H24N2O2. The van der Waals surface area contributed by atoms with E-state index in [9.17, 15) is 9.90 Å². The van der Waals surface area contributed by atoms with Crippen LogP contribution in [-0.4, -0.2) is 40.8 Å². The lowest BCUT2D eigenvalue weighted by molar-refractivity contribution is 0.115. The van der Waals surface area contributed by atoms with Crippen molar-refractivity contribution in [3.8, 4) is 0 Å². The lowest BCUT2D eigenvalue weighted by atomic mass is 9.93. The van der Waals surface area contributed by atoms with Crippen molar-refractivity contribution >= 4 is 6.03 Å². The van der Waals surface area contributed by atoms with Crippen LogP contribution in [-0.2, 0) is 0 Å². The van der Waals surface area contributed by atoms with Crippen LogP contribution in [0.1, 0.15) is 51.9 Å². The maximum atomic E-state index is 12.1. The Morgan fingerprint density at radius 1 is 1.24 bits per heavy atom. The molecule has 2 amide bonds. The van der Waals surface area contributed by atoms with Crippen LogP contribution in [0.4, 0.5) is 4.79 Å². The van der Waals surface area contributed by atoms with E-state index in [2.05, 4.69) is 12.2 Å². The molecule has 0 spiro atoms. The summed E-state index contributed by atoms with van der Waals surface area (Å²) in [7, 11) is 0. The molecule has 2 aliphatic carbocycles. The van der Waals surface area contributed by atoms with Crippen LogP contribution in [0.5, 0.6) is 0 Å². The van der Waals surface area contributed by atoms with Gasteiger partial charge in [0.05, 0.1) is 6.10 Å². The number of hydrogen-bond donors (Lipinski definition) is 2. The smallest absolute Gasteiger partial charge is 0.317 e. The van der Waals surface area contributed by atoms with Gasteiger partial charge in [-0.15, -0.1) is 0 Å². The number of rotatable bonds is 4. The maximum Gasteiger partial charge on any atom is 0.317 e. The lowest BCUT2D eigenvalue weighted by Gasteiger charge is -2.29. The van der Waals surface area contributed by atoms with Gasteiger partial charge in [0.15, 0.2) is 0 Å². The Labute approximate surface area is 103 Å². The largest absolute Gasteiger partial charge is 0.393 e. The molecule has 0 aromatic rings. The van der Waals surface area contributed by atoms with Crippen LogP contribution < -0.4 is 5.32 Å². The fourth-order valence-electron chi connectivity index (χ4n) is 2.55. The second-order valence-electron chi connectivity index (χ2n) is 5.38. The van der Waals surface area contributed by atoms with Crippen molar-refractivity contribution in [2.24, 2.45) is 0 Å². The van der Waals surface area contributed by atoms with Gasteiger partial charge in [0.25, 0.3) is 0 Å². The van der Waals surface area contributed by atoms with E-state index in [4.69, 9.17) is 0 Å². The van der Waals surface area contributed by atoms with Gasteiger partial charge in [-0.3, -0.25) is 0 Å². The Morgan fingerprint density at radius 2 is 1.88 bits per heavy atom. The number of aliphatic hydroxyl groups is 1. The third kappa shape index (κ3) is 3.60. The van der Waals surface area contributed by atoms with Gasteiger partial charge in [0.1, 0.15) is 0 Å². The van der Waals surface area contributed by atoms with Gasteiger partial charge in [-0.05, 0) is 44.9 Å². The number of nitrogens with one attached hydrogen (secondary N) is 1. The summed E-state index contributed by atoms with van der Waals surface area (Å²) < 4.78 is 0. The summed E-state index contributed by atoms with van der Waals surface area (Å²) in [4.78, 5) is 14.1. The van der Waals surface area contributed by atoms with E-state index in [0.29, 0.717) is 6.04 Å². The molecular weight excluding hydrogens is 216 g/mol. The molecule has 2 rings (SSSR count). The first-order valence-electron chi connectivity index (χ1n) is 6.96. The number of urea groups is 1. The summed E-state index contributed by atoms with van der Waals surface area (Å²) in [5, 5.41) is 12.6. The Bertz CT molecular complexity index is 258. The molecule has 4 nitrogen and oxygen atoms in total. The van der Waals surface area contributed by atoms with Crippen molar-refractivity contribution in [3.63, 3.8) is 0 Å². The lowest BCUT2D eigenvalue weighted by Crippen LogP contribution is -2.47. The summed E-state index contributed by atoms with van der Waals surface area (Å²) in [5.74, 6) is 0. The van der Waals surface area contributed by atoms with Gasteiger partial charge in [-0.25, -0.2) is 4.79 Å². The molecule has 0 atom stereocenters. The molecule has 0 radical (unpaired) electrons. The van der Waals surface area contributed by atoms with Gasteiger partial charge in [0.2, 0.25) is 0 Å². The quantitative estimate of drug-likeness (QED) is 0.788. The maximum absolute atomic E-state index is 12.1. The number of carbonyl (C=O) groups is 1. The SMILES string of the molecule is CCCN(C(=O)NC1CCC(O)CC1)C1CC1. The van der Waals surface area contributed by atoms with Gasteiger partial charge < -0.3 is 15.3 Å². The predicted octanol–water partition coefficient (Wildman–Crippen LogP) is 1.87. The molecule has 0 unspecified atom stereocenters. The monoisotopic (exact) mass is 240 g/mol. The van der Waals surface area contributed by atoms with Crippen LogP contribution in [0.3, 0.4) is 0 Å². The van der Waals surface area contributed by atoms with Crippen molar-refractivity contribution in [2.75, 3.05) is 6.54 Å². The molecule has 0 saturated heterocycles. The zero-order chi connectivity index (χ0) is 12.3. The van der Waals surface area contributed by atoms with Crippen molar-refractivity contribution in [1.82, 2.24) is 10.2 Å². The molecule has 2 fully saturated rings. The van der Waals surface area contributed by atoms with Crippen molar-refractivity contribution in [2.45, 2.75) is 70.1 Å². The number of amides is 2. The molecule has 2 aliphatic rings. The Morgan fingerprint density at radius 3 is 2.41 bits per heavy atom. The molecule has 2 saturated carbocycles. The first-order chi connectivity index (χ1) is 8.20. The van der Waals surface area contributed by atoms with Gasteiger partial charge >= 0.3 is 6.03 Å². The van der Waals surface area contributed by atoms with E-state index in [0.717, 1.165) is 51.5 Å². The fourth-order valence-corrected chi connectivity index (χ4v) is 2.55. The van der Waals surface area contributed by atoms with Crippen LogP contribution in [0.25, 0.3) is 0 Å². The minimum atomic E-state index is -0.154. The molecule has 0 heterocycles. The topological polar surface area (TPSA) is 52.6 Å². The highest BCUT2D eigenvalue weighted by Gasteiger charge is 2.33. The molecule has 4 heteroatoms. The number of carbonyl (C=O) groups excluding carboxylic acids is 1. The van der Waals surface area contributed by atoms with Crippen LogP contribution in [0.15, 0.2) is 0 Å². The summed E-state index contributed by atoms with van der Waals surface area (Å²) in [6, 6.07) is 0.865. The first kappa shape index (κ1) is 12.7. The number of hydrogen-bond acceptors (Lipinski definition) is 2. The molecule has 17 heavy (non-hydrogen) atoms. The van der Waals surface area contributed by atoms with Crippen LogP contribution in [0, 0.1) is 0 Å². The fraction of sp³-hybridized carbons (Fsp3) is 0.923. The highest BCUT2D eigenvalue weighted by Crippen LogP contribution is 2.27. The molecule has 0 aliphatic heterocycles. The summed E-state index contributed by atoms with van der Waals surface area (Å²) in [6.07, 6.45) is 6.67. The normalized spacial score (nSPS) is 28.8. The van der Waals surface area contributed by atoms with E-state index < -0.39 is 0 Å². The molecule has 0 bridgehead atoms. The summed E-state index contributed by atoms with van der Waals surface area (Å²) >= 11 is 0. The molecule has 0 aromatic heterocycles. The predicted molar refractivity (Wildman–Crippen MR) is 66.8 cm³/mol. The average Bonchev–Trinajstić information content (AvgIpc) is 3.13. The van der Waals surface area contributed by atoms with Gasteiger partial charge in [-0.2, -0.15) is 0 Å². The standard InChI is InChI=1S/C13H24N2O2/c1-2-9-15(11-5-6-11)13(17)14-10-3-7-12(16)8-4-10/h10-12,16H,2-9H2,1H3,(H,14,17). The van der Waals surface area contributed by atoms with E-state index in [1.807, 2.05) is 4.90 Å². The van der Waals surface area contributed by atoms with Crippen molar-refractivity contribution in [1.29, 1.82) is 0 Å². The molecule has 98 valence electrons. The van der Waals surface area contributed by atoms with E-state index in [1.165, 1.54) is 0 Å². The van der Waals surface area contributed by atoms with E-state index in [1.54, 1.807) is 0 Å². The minimum Gasteiger partial charge on any atom is -0.393 e. The minimum absolute atomic E-state index is 0.107. The van der Waals surface area contributed by atoms with E-state index >= 15 is 0 Å². The second kappa shape index (κ2) is 5.71. The van der Waals surface area contributed by atoms with Gasteiger partial charge in [0, 0.05) is 18.6 Å². The molecule has 2 N–H and O–H groups in total. The average molecular weight is 240 g/mol. The van der Waals surface area contributed by atoms with E-state index in [-0.39, 0.29) is 18.2 Å². The number of aliphatic hydroxyl groups excluding tert-OH is 1. The van der Waals surface area contributed by atoms with Crippen LogP contribution in [0.2, 0.25) is 0 Å². The Kier molecular flexibility index (Phi) is 4.26. The zero-order valence-corrected chi connectivity index (χ0v) is 10.7. The Hall–Kier alpha value is -0.770. The first-order valence-corrected chi connectivity index (χ1v) is 6.96. The molecule has 0 aromatic carbocycles. The van der Waals surface area contributed by atoms with Crippen LogP contribution >= 0.6 is 0 Å². The zero-order valence-electron chi connectivity index (χ0n) is 10.7.